The first-order chi connectivity index (χ1) is 12.0. The van der Waals surface area contributed by atoms with Gasteiger partial charge in [0, 0.05) is 11.1 Å². The van der Waals surface area contributed by atoms with Crippen LogP contribution in [0, 0.1) is 23.7 Å². The number of methoxy groups -OCH3 is 2. The van der Waals surface area contributed by atoms with Crippen molar-refractivity contribution >= 4 is 9.84 Å². The van der Waals surface area contributed by atoms with E-state index in [2.05, 4.69) is 23.7 Å². The van der Waals surface area contributed by atoms with Crippen LogP contribution < -0.4 is 9.47 Å². The van der Waals surface area contributed by atoms with Crippen LogP contribution >= 0.6 is 0 Å². The predicted molar refractivity (Wildman–Crippen MR) is 98.4 cm³/mol. The Balaban J connectivity index is 1.93. The van der Waals surface area contributed by atoms with E-state index in [9.17, 15) is 8.42 Å². The molecule has 0 aliphatic rings. The molecule has 0 fully saturated rings. The van der Waals surface area contributed by atoms with Crippen molar-refractivity contribution in [3.8, 4) is 35.2 Å². The van der Waals surface area contributed by atoms with E-state index in [4.69, 9.17) is 9.47 Å². The largest absolute Gasteiger partial charge is 0.497 e. The van der Waals surface area contributed by atoms with Crippen molar-refractivity contribution in [2.24, 2.45) is 0 Å². The minimum atomic E-state index is -3.34. The normalized spacial score (nSPS) is 10.0. The molecule has 0 radical (unpaired) electrons. The zero-order valence-corrected chi connectivity index (χ0v) is 14.9. The first-order valence-corrected chi connectivity index (χ1v) is 9.31. The van der Waals surface area contributed by atoms with Crippen LogP contribution in [0.1, 0.15) is 11.1 Å². The van der Waals surface area contributed by atoms with Crippen molar-refractivity contribution in [1.29, 1.82) is 0 Å². The minimum Gasteiger partial charge on any atom is -0.497 e. The third-order valence-corrected chi connectivity index (χ3v) is 4.40. The van der Waals surface area contributed by atoms with Crippen molar-refractivity contribution in [3.05, 3.63) is 59.7 Å². The smallest absolute Gasteiger partial charge is 0.172 e. The first kappa shape index (κ1) is 18.4. The molecule has 0 aliphatic heterocycles. The van der Waals surface area contributed by atoms with Crippen LogP contribution in [-0.4, -0.2) is 34.1 Å². The summed E-state index contributed by atoms with van der Waals surface area (Å²) in [5, 5.41) is 0. The van der Waals surface area contributed by atoms with Crippen LogP contribution in [0.3, 0.4) is 0 Å². The Morgan fingerprint density at radius 2 is 1.08 bits per heavy atom. The lowest BCUT2D eigenvalue weighted by Crippen LogP contribution is -2.08. The quantitative estimate of drug-likeness (QED) is 0.792. The Morgan fingerprint density at radius 1 is 0.720 bits per heavy atom. The summed E-state index contributed by atoms with van der Waals surface area (Å²) in [6, 6.07) is 14.2. The number of sulfone groups is 1. The monoisotopic (exact) mass is 354 g/mol. The lowest BCUT2D eigenvalue weighted by Gasteiger charge is -1.98. The molecule has 0 amide bonds. The van der Waals surface area contributed by atoms with E-state index in [0.717, 1.165) is 22.6 Å². The van der Waals surface area contributed by atoms with Crippen molar-refractivity contribution < 1.29 is 17.9 Å². The van der Waals surface area contributed by atoms with Crippen LogP contribution in [0.2, 0.25) is 0 Å². The fraction of sp³-hybridized carbons (Fsp3) is 0.200. The van der Waals surface area contributed by atoms with Gasteiger partial charge in [0.2, 0.25) is 0 Å². The highest BCUT2D eigenvalue weighted by molar-refractivity contribution is 7.91. The Labute approximate surface area is 148 Å². The average Bonchev–Trinajstić information content (AvgIpc) is 2.62. The first-order valence-electron chi connectivity index (χ1n) is 7.49. The zero-order valence-electron chi connectivity index (χ0n) is 14.1. The maximum Gasteiger partial charge on any atom is 0.172 e. The molecule has 0 aromatic heterocycles. The highest BCUT2D eigenvalue weighted by Gasteiger charge is 2.05. The molecule has 128 valence electrons. The van der Waals surface area contributed by atoms with E-state index >= 15 is 0 Å². The molecule has 0 saturated carbocycles. The Hall–Kier alpha value is -2.89. The van der Waals surface area contributed by atoms with Crippen LogP contribution in [0.4, 0.5) is 0 Å². The molecule has 0 heterocycles. The molecule has 2 aromatic rings. The third-order valence-electron chi connectivity index (χ3n) is 3.23. The topological polar surface area (TPSA) is 52.6 Å². The molecule has 0 aliphatic carbocycles. The van der Waals surface area contributed by atoms with Gasteiger partial charge in [-0.1, -0.05) is 23.7 Å². The minimum absolute atomic E-state index is 0.226. The third kappa shape index (κ3) is 6.25. The van der Waals surface area contributed by atoms with Crippen molar-refractivity contribution in [1.82, 2.24) is 0 Å². The molecule has 4 nitrogen and oxygen atoms in total. The summed E-state index contributed by atoms with van der Waals surface area (Å²) in [5.74, 6) is 12.0. The van der Waals surface area contributed by atoms with E-state index in [-0.39, 0.29) is 11.5 Å². The molecule has 0 atom stereocenters. The van der Waals surface area contributed by atoms with E-state index < -0.39 is 9.84 Å². The number of benzene rings is 2. The van der Waals surface area contributed by atoms with Crippen molar-refractivity contribution in [2.45, 2.75) is 0 Å². The van der Waals surface area contributed by atoms with Gasteiger partial charge in [-0.15, -0.1) is 0 Å². The average molecular weight is 354 g/mol. The molecule has 2 aromatic carbocycles. The predicted octanol–water partition coefficient (Wildman–Crippen LogP) is 2.52. The number of hydrogen-bond donors (Lipinski definition) is 0. The molecule has 0 spiro atoms. The zero-order chi connectivity index (χ0) is 18.1. The van der Waals surface area contributed by atoms with Gasteiger partial charge in [0.1, 0.15) is 23.0 Å². The fourth-order valence-electron chi connectivity index (χ4n) is 1.90. The van der Waals surface area contributed by atoms with Crippen LogP contribution in [0.5, 0.6) is 11.5 Å². The maximum absolute atomic E-state index is 12.0. The Kier molecular flexibility index (Phi) is 6.51. The van der Waals surface area contributed by atoms with Crippen molar-refractivity contribution in [2.75, 3.05) is 25.7 Å². The van der Waals surface area contributed by atoms with Gasteiger partial charge >= 0.3 is 0 Å². The van der Waals surface area contributed by atoms with Gasteiger partial charge in [0.25, 0.3) is 0 Å². The van der Waals surface area contributed by atoms with Crippen LogP contribution in [0.15, 0.2) is 48.5 Å². The molecule has 0 N–H and O–H groups in total. The molecule has 0 bridgehead atoms. The Morgan fingerprint density at radius 3 is 1.40 bits per heavy atom. The SMILES string of the molecule is COc1ccc(C#CCS(=O)(=O)CC#Cc2ccc(OC)cc2)cc1. The van der Waals surface area contributed by atoms with Crippen LogP contribution in [0.25, 0.3) is 0 Å². The standard InChI is InChI=1S/C20H18O4S/c1-23-19-11-7-17(8-12-19)5-3-15-25(21,22)16-4-6-18-9-13-20(24-2)14-10-18/h7-14H,15-16H2,1-2H3. The van der Waals surface area contributed by atoms with E-state index in [1.54, 1.807) is 62.8 Å². The van der Waals surface area contributed by atoms with Gasteiger partial charge in [-0.25, -0.2) is 8.42 Å². The van der Waals surface area contributed by atoms with E-state index in [1.165, 1.54) is 0 Å². The van der Waals surface area contributed by atoms with Gasteiger partial charge in [0.15, 0.2) is 9.84 Å². The summed E-state index contributed by atoms with van der Waals surface area (Å²) >= 11 is 0. The van der Waals surface area contributed by atoms with Crippen molar-refractivity contribution in [3.63, 3.8) is 0 Å². The van der Waals surface area contributed by atoms with Crippen LogP contribution in [-0.2, 0) is 9.84 Å². The summed E-state index contributed by atoms with van der Waals surface area (Å²) in [4.78, 5) is 0. The second kappa shape index (κ2) is 8.82. The number of ether oxygens (including phenoxy) is 2. The summed E-state index contributed by atoms with van der Waals surface area (Å²) in [7, 11) is -0.177. The summed E-state index contributed by atoms with van der Waals surface area (Å²) in [6.45, 7) is 0. The van der Waals surface area contributed by atoms with Gasteiger partial charge in [0.05, 0.1) is 14.2 Å². The number of hydrogen-bond acceptors (Lipinski definition) is 4. The second-order valence-electron chi connectivity index (χ2n) is 5.09. The molecular weight excluding hydrogens is 336 g/mol. The summed E-state index contributed by atoms with van der Waals surface area (Å²) in [5.41, 5.74) is 1.47. The molecule has 0 saturated heterocycles. The number of rotatable bonds is 4. The maximum atomic E-state index is 12.0. The van der Waals surface area contributed by atoms with Gasteiger partial charge in [-0.05, 0) is 48.5 Å². The highest BCUT2D eigenvalue weighted by atomic mass is 32.2. The Bertz CT molecular complexity index is 846. The summed E-state index contributed by atoms with van der Waals surface area (Å²) in [6.07, 6.45) is 0. The summed E-state index contributed by atoms with van der Waals surface area (Å²) < 4.78 is 34.0. The molecular formula is C20H18O4S. The molecule has 2 rings (SSSR count). The highest BCUT2D eigenvalue weighted by Crippen LogP contribution is 2.11. The second-order valence-corrected chi connectivity index (χ2v) is 7.16. The fourth-order valence-corrected chi connectivity index (χ4v) is 2.58. The van der Waals surface area contributed by atoms with Gasteiger partial charge in [-0.3, -0.25) is 0 Å². The molecule has 25 heavy (non-hydrogen) atoms. The molecule has 5 heteroatoms. The van der Waals surface area contributed by atoms with Gasteiger partial charge < -0.3 is 9.47 Å². The molecule has 0 unspecified atom stereocenters. The van der Waals surface area contributed by atoms with E-state index in [0.29, 0.717) is 0 Å². The lowest BCUT2D eigenvalue weighted by atomic mass is 10.2. The van der Waals surface area contributed by atoms with E-state index in [1.807, 2.05) is 0 Å². The van der Waals surface area contributed by atoms with Gasteiger partial charge in [-0.2, -0.15) is 0 Å². The lowest BCUT2D eigenvalue weighted by molar-refractivity contribution is 0.414.